The minimum atomic E-state index is -1.01. The summed E-state index contributed by atoms with van der Waals surface area (Å²) in [5.74, 6) is -1.01. The zero-order valence-electron chi connectivity index (χ0n) is 8.22. The molecule has 0 radical (unpaired) electrons. The number of carboxylic acids is 1. The van der Waals surface area contributed by atoms with Crippen molar-refractivity contribution >= 4 is 23.3 Å². The van der Waals surface area contributed by atoms with E-state index in [0.29, 0.717) is 5.02 Å². The Balaban J connectivity index is 0.000000212. The number of halogens is 1. The molecule has 0 fully saturated rings. The van der Waals surface area contributed by atoms with Crippen molar-refractivity contribution in [3.05, 3.63) is 47.2 Å². The quantitative estimate of drug-likeness (QED) is 0.664. The van der Waals surface area contributed by atoms with Crippen molar-refractivity contribution in [2.45, 2.75) is 0 Å². The third kappa shape index (κ3) is 3.62. The maximum absolute atomic E-state index is 10.4. The Morgan fingerprint density at radius 1 is 1.50 bits per heavy atom. The summed E-state index contributed by atoms with van der Waals surface area (Å²) in [5, 5.41) is 15.1. The van der Waals surface area contributed by atoms with Gasteiger partial charge in [0, 0.05) is 12.4 Å². The smallest absolute Gasteiger partial charge is 0.335 e. The predicted molar refractivity (Wildman–Crippen MR) is 61.4 cm³/mol. The molecule has 5 nitrogen and oxygen atoms in total. The zero-order chi connectivity index (χ0) is 12.0. The van der Waals surface area contributed by atoms with E-state index < -0.39 is 5.97 Å². The topological polar surface area (TPSA) is 92.0 Å². The molecule has 0 saturated carbocycles. The van der Waals surface area contributed by atoms with Gasteiger partial charge in [-0.05, 0) is 24.3 Å². The maximum Gasteiger partial charge on any atom is 0.335 e. The molecule has 2 rings (SSSR count). The zero-order valence-corrected chi connectivity index (χ0v) is 8.98. The Labute approximate surface area is 96.9 Å². The lowest BCUT2D eigenvalue weighted by Gasteiger charge is -1.97. The van der Waals surface area contributed by atoms with Gasteiger partial charge in [-0.2, -0.15) is 5.10 Å². The monoisotopic (exact) mass is 239 g/mol. The van der Waals surface area contributed by atoms with Crippen molar-refractivity contribution in [2.24, 2.45) is 0 Å². The minimum Gasteiger partial charge on any atom is -0.478 e. The molecule has 2 aromatic rings. The van der Waals surface area contributed by atoms with E-state index in [9.17, 15) is 4.79 Å². The second kappa shape index (κ2) is 5.77. The third-order valence-electron chi connectivity index (χ3n) is 1.65. The lowest BCUT2D eigenvalue weighted by atomic mass is 10.2. The van der Waals surface area contributed by atoms with Crippen LogP contribution in [-0.4, -0.2) is 21.3 Å². The first-order chi connectivity index (χ1) is 7.61. The third-order valence-corrected chi connectivity index (χ3v) is 1.99. The highest BCUT2D eigenvalue weighted by molar-refractivity contribution is 6.33. The van der Waals surface area contributed by atoms with Gasteiger partial charge in [-0.3, -0.25) is 5.10 Å². The molecule has 1 heterocycles. The second-order valence-corrected chi connectivity index (χ2v) is 3.22. The number of hydrogen-bond acceptors (Lipinski definition) is 3. The van der Waals surface area contributed by atoms with Crippen LogP contribution >= 0.6 is 11.6 Å². The molecule has 0 aliphatic heterocycles. The van der Waals surface area contributed by atoms with E-state index in [1.54, 1.807) is 12.4 Å². The number of hydrogen-bond donors (Lipinski definition) is 3. The van der Waals surface area contributed by atoms with E-state index in [1.807, 2.05) is 6.07 Å². The van der Waals surface area contributed by atoms with Crippen LogP contribution in [0.15, 0.2) is 36.7 Å². The Kier molecular flexibility index (Phi) is 4.35. The lowest BCUT2D eigenvalue weighted by Crippen LogP contribution is -1.97. The van der Waals surface area contributed by atoms with Crippen LogP contribution in [0, 0.1) is 0 Å². The van der Waals surface area contributed by atoms with Gasteiger partial charge in [0.2, 0.25) is 0 Å². The Hall–Kier alpha value is -2.01. The number of aromatic carboxylic acids is 1. The molecule has 6 heteroatoms. The summed E-state index contributed by atoms with van der Waals surface area (Å²) in [6.07, 6.45) is 3.46. The van der Waals surface area contributed by atoms with Gasteiger partial charge in [-0.25, -0.2) is 4.79 Å². The van der Waals surface area contributed by atoms with Crippen LogP contribution < -0.4 is 5.73 Å². The molecule has 1 aromatic heterocycles. The number of nitrogen functional groups attached to an aromatic ring is 1. The average molecular weight is 240 g/mol. The molecule has 0 unspecified atom stereocenters. The van der Waals surface area contributed by atoms with Crippen molar-refractivity contribution in [1.82, 2.24) is 10.2 Å². The summed E-state index contributed by atoms with van der Waals surface area (Å²) >= 11 is 5.57. The fraction of sp³-hybridized carbons (Fsp3) is 0. The molecule has 4 N–H and O–H groups in total. The normalized spacial score (nSPS) is 9.06. The summed E-state index contributed by atoms with van der Waals surface area (Å²) in [6.45, 7) is 0. The largest absolute Gasteiger partial charge is 0.478 e. The minimum absolute atomic E-state index is 0.145. The Morgan fingerprint density at radius 2 is 2.25 bits per heavy atom. The van der Waals surface area contributed by atoms with Crippen LogP contribution in [-0.2, 0) is 0 Å². The highest BCUT2D eigenvalue weighted by Crippen LogP contribution is 2.19. The number of benzene rings is 1. The van der Waals surface area contributed by atoms with E-state index in [0.717, 1.165) is 0 Å². The summed E-state index contributed by atoms with van der Waals surface area (Å²) in [6, 6.07) is 6.02. The molecular formula is C10H10ClN3O2. The van der Waals surface area contributed by atoms with Gasteiger partial charge >= 0.3 is 5.97 Å². The highest BCUT2D eigenvalue weighted by Gasteiger charge is 2.03. The Morgan fingerprint density at radius 3 is 2.62 bits per heavy atom. The van der Waals surface area contributed by atoms with Gasteiger partial charge in [0.05, 0.1) is 16.3 Å². The number of nitrogens with zero attached hydrogens (tertiary/aromatic N) is 1. The molecule has 0 atom stereocenters. The number of aromatic amines is 1. The van der Waals surface area contributed by atoms with Crippen LogP contribution in [0.2, 0.25) is 5.02 Å². The van der Waals surface area contributed by atoms with Gasteiger partial charge in [-0.1, -0.05) is 11.6 Å². The summed E-state index contributed by atoms with van der Waals surface area (Å²) in [7, 11) is 0. The van der Waals surface area contributed by atoms with E-state index in [2.05, 4.69) is 10.2 Å². The molecule has 0 amide bonds. The molecule has 0 bridgehead atoms. The molecule has 84 valence electrons. The van der Waals surface area contributed by atoms with Gasteiger partial charge in [0.1, 0.15) is 0 Å². The SMILES string of the molecule is Nc1cc(C(=O)O)ccc1Cl.c1cn[nH]c1. The van der Waals surface area contributed by atoms with Gasteiger partial charge in [0.15, 0.2) is 0 Å². The molecular weight excluding hydrogens is 230 g/mol. The van der Waals surface area contributed by atoms with Crippen molar-refractivity contribution in [3.8, 4) is 0 Å². The summed E-state index contributed by atoms with van der Waals surface area (Å²) in [4.78, 5) is 10.4. The van der Waals surface area contributed by atoms with E-state index in [-0.39, 0.29) is 11.3 Å². The number of carbonyl (C=O) groups is 1. The van der Waals surface area contributed by atoms with Crippen LogP contribution in [0.5, 0.6) is 0 Å². The number of H-pyrrole nitrogens is 1. The van der Waals surface area contributed by atoms with E-state index in [1.165, 1.54) is 18.2 Å². The second-order valence-electron chi connectivity index (χ2n) is 2.81. The van der Waals surface area contributed by atoms with Crippen LogP contribution in [0.4, 0.5) is 5.69 Å². The molecule has 16 heavy (non-hydrogen) atoms. The maximum atomic E-state index is 10.4. The molecule has 0 saturated heterocycles. The standard InChI is InChI=1S/C7H6ClNO2.C3H4N2/c8-5-2-1-4(7(10)11)3-6(5)9;1-2-4-5-3-1/h1-3H,9H2,(H,10,11);1-3H,(H,4,5). The summed E-state index contributed by atoms with van der Waals surface area (Å²) < 4.78 is 0. The van der Waals surface area contributed by atoms with Crippen LogP contribution in [0.3, 0.4) is 0 Å². The van der Waals surface area contributed by atoms with Crippen molar-refractivity contribution in [2.75, 3.05) is 5.73 Å². The highest BCUT2D eigenvalue weighted by atomic mass is 35.5. The fourth-order valence-electron chi connectivity index (χ4n) is 0.892. The fourth-order valence-corrected chi connectivity index (χ4v) is 1.01. The lowest BCUT2D eigenvalue weighted by molar-refractivity contribution is 0.0697. The number of aromatic nitrogens is 2. The Bertz CT molecular complexity index is 440. The van der Waals surface area contributed by atoms with Crippen LogP contribution in [0.25, 0.3) is 0 Å². The average Bonchev–Trinajstić information content (AvgIpc) is 2.80. The molecule has 1 aromatic carbocycles. The van der Waals surface area contributed by atoms with Crippen LogP contribution in [0.1, 0.15) is 10.4 Å². The number of anilines is 1. The van der Waals surface area contributed by atoms with E-state index in [4.69, 9.17) is 22.4 Å². The number of carboxylic acid groups (broad SMARTS) is 1. The summed E-state index contributed by atoms with van der Waals surface area (Å²) in [5.41, 5.74) is 5.79. The molecule has 0 aliphatic rings. The first kappa shape index (κ1) is 12.1. The van der Waals surface area contributed by atoms with E-state index >= 15 is 0 Å². The van der Waals surface area contributed by atoms with Crippen molar-refractivity contribution in [3.63, 3.8) is 0 Å². The van der Waals surface area contributed by atoms with Crippen molar-refractivity contribution < 1.29 is 9.90 Å². The first-order valence-electron chi connectivity index (χ1n) is 4.33. The van der Waals surface area contributed by atoms with Crippen molar-refractivity contribution in [1.29, 1.82) is 0 Å². The predicted octanol–water partition coefficient (Wildman–Crippen LogP) is 2.03. The first-order valence-corrected chi connectivity index (χ1v) is 4.71. The molecule has 0 spiro atoms. The number of rotatable bonds is 1. The van der Waals surface area contributed by atoms with Gasteiger partial charge in [0.25, 0.3) is 0 Å². The van der Waals surface area contributed by atoms with Gasteiger partial charge in [-0.15, -0.1) is 0 Å². The number of nitrogens with two attached hydrogens (primary N) is 1. The number of nitrogens with one attached hydrogen (secondary N) is 1. The molecule has 0 aliphatic carbocycles. The van der Waals surface area contributed by atoms with Gasteiger partial charge < -0.3 is 10.8 Å².